The molecule has 0 aliphatic rings. The number of rotatable bonds is 16. The first-order valence-corrected chi connectivity index (χ1v) is 13.8. The second kappa shape index (κ2) is 14.1. The lowest BCUT2D eigenvalue weighted by Crippen LogP contribution is -2.15. The van der Waals surface area contributed by atoms with Crippen molar-refractivity contribution in [1.82, 2.24) is 0 Å². The number of hydrogen-bond donors (Lipinski definition) is 2. The van der Waals surface area contributed by atoms with Gasteiger partial charge in [-0.1, -0.05) is 92.9 Å². The molecule has 0 bridgehead atoms. The minimum Gasteiger partial charge on any atom is -0.507 e. The number of Topliss-reactive ketones (excluding diaryl/α,β-unsaturated/α-hetero) is 1. The molecule has 0 aromatic heterocycles. The van der Waals surface area contributed by atoms with Crippen molar-refractivity contribution in [2.24, 2.45) is 23.2 Å². The Morgan fingerprint density at radius 1 is 0.706 bits per heavy atom. The zero-order valence-corrected chi connectivity index (χ0v) is 23.8. The maximum Gasteiger partial charge on any atom is 0.167 e. The minimum atomic E-state index is -0.0719. The number of carbonyl (C=O) groups excluding carboxylic acids is 1. The zero-order valence-electron chi connectivity index (χ0n) is 23.8. The van der Waals surface area contributed by atoms with Crippen LogP contribution < -0.4 is 0 Å². The molecule has 3 heteroatoms. The standard InChI is InChI=1S/C31H54O3/c1-21(2)13-10-14-22(3)15-11-16-23(4)17-12-19-31(8,9)20-18-27(32)28-26(7)29(33)24(5)25(6)30(28)34/h21-23,33-34H,10-20H2,1-9H3. The van der Waals surface area contributed by atoms with E-state index in [1.165, 1.54) is 51.4 Å². The van der Waals surface area contributed by atoms with Crippen LogP contribution >= 0.6 is 0 Å². The average molecular weight is 475 g/mol. The number of ketones is 1. The highest BCUT2D eigenvalue weighted by Crippen LogP contribution is 2.38. The lowest BCUT2D eigenvalue weighted by atomic mass is 9.80. The van der Waals surface area contributed by atoms with Crippen molar-refractivity contribution in [1.29, 1.82) is 0 Å². The number of hydrogen-bond acceptors (Lipinski definition) is 3. The maximum atomic E-state index is 12.9. The van der Waals surface area contributed by atoms with Gasteiger partial charge in [0.05, 0.1) is 5.56 Å². The minimum absolute atomic E-state index is 0.0265. The zero-order chi connectivity index (χ0) is 26.1. The normalized spacial score (nSPS) is 13.9. The Bertz CT molecular complexity index is 746. The van der Waals surface area contributed by atoms with Gasteiger partial charge in [0.1, 0.15) is 11.5 Å². The van der Waals surface area contributed by atoms with Crippen molar-refractivity contribution in [3.8, 4) is 11.5 Å². The van der Waals surface area contributed by atoms with Gasteiger partial charge in [-0.2, -0.15) is 0 Å². The van der Waals surface area contributed by atoms with Gasteiger partial charge in [0, 0.05) is 12.0 Å². The van der Waals surface area contributed by atoms with E-state index in [0.29, 0.717) is 28.7 Å². The van der Waals surface area contributed by atoms with Crippen LogP contribution in [0.2, 0.25) is 0 Å². The van der Waals surface area contributed by atoms with Crippen LogP contribution in [0.4, 0.5) is 0 Å². The molecule has 0 heterocycles. The summed E-state index contributed by atoms with van der Waals surface area (Å²) in [5.74, 6) is 2.52. The Hall–Kier alpha value is -1.51. The molecule has 2 unspecified atom stereocenters. The lowest BCUT2D eigenvalue weighted by molar-refractivity contribution is 0.0956. The van der Waals surface area contributed by atoms with Gasteiger partial charge in [0.2, 0.25) is 0 Å². The third-order valence-electron chi connectivity index (χ3n) is 7.97. The number of phenols is 2. The summed E-state index contributed by atoms with van der Waals surface area (Å²) in [6.45, 7) is 19.1. The molecular weight excluding hydrogens is 420 g/mol. The van der Waals surface area contributed by atoms with Gasteiger partial charge < -0.3 is 10.2 Å². The highest BCUT2D eigenvalue weighted by atomic mass is 16.3. The van der Waals surface area contributed by atoms with Gasteiger partial charge in [-0.25, -0.2) is 0 Å². The van der Waals surface area contributed by atoms with E-state index in [0.717, 1.165) is 30.6 Å². The summed E-state index contributed by atoms with van der Waals surface area (Å²) < 4.78 is 0. The number of aromatic hydroxyl groups is 2. The Morgan fingerprint density at radius 2 is 1.18 bits per heavy atom. The molecule has 0 amide bonds. The van der Waals surface area contributed by atoms with E-state index >= 15 is 0 Å². The molecule has 2 N–H and O–H groups in total. The van der Waals surface area contributed by atoms with Crippen LogP contribution in [0.5, 0.6) is 11.5 Å². The molecule has 0 saturated heterocycles. The Kier molecular flexibility index (Phi) is 12.7. The molecule has 1 rings (SSSR count). The van der Waals surface area contributed by atoms with Gasteiger partial charge in [-0.15, -0.1) is 0 Å². The highest BCUT2D eigenvalue weighted by Gasteiger charge is 2.25. The molecule has 2 atom stereocenters. The summed E-state index contributed by atoms with van der Waals surface area (Å²) in [7, 11) is 0. The monoisotopic (exact) mass is 474 g/mol. The van der Waals surface area contributed by atoms with Crippen LogP contribution in [0.3, 0.4) is 0 Å². The molecular formula is C31H54O3. The molecule has 1 aromatic carbocycles. The Balaban J connectivity index is 2.40. The van der Waals surface area contributed by atoms with E-state index in [-0.39, 0.29) is 22.7 Å². The highest BCUT2D eigenvalue weighted by molar-refractivity contribution is 6.01. The first-order valence-electron chi connectivity index (χ1n) is 13.8. The third-order valence-corrected chi connectivity index (χ3v) is 7.97. The van der Waals surface area contributed by atoms with E-state index in [2.05, 4.69) is 41.5 Å². The van der Waals surface area contributed by atoms with Gasteiger partial charge in [0.15, 0.2) is 5.78 Å². The third kappa shape index (κ3) is 10.0. The lowest BCUT2D eigenvalue weighted by Gasteiger charge is -2.25. The van der Waals surface area contributed by atoms with Gasteiger partial charge in [-0.05, 0) is 67.9 Å². The summed E-state index contributed by atoms with van der Waals surface area (Å²) >= 11 is 0. The molecule has 1 aromatic rings. The van der Waals surface area contributed by atoms with Crippen LogP contribution in [0.1, 0.15) is 139 Å². The van der Waals surface area contributed by atoms with Crippen molar-refractivity contribution >= 4 is 5.78 Å². The van der Waals surface area contributed by atoms with E-state index in [1.54, 1.807) is 20.8 Å². The van der Waals surface area contributed by atoms with Crippen LogP contribution in [-0.2, 0) is 0 Å². The first-order chi connectivity index (χ1) is 15.8. The molecule has 0 radical (unpaired) electrons. The smallest absolute Gasteiger partial charge is 0.167 e. The van der Waals surface area contributed by atoms with Crippen LogP contribution in [0.25, 0.3) is 0 Å². The van der Waals surface area contributed by atoms with Crippen molar-refractivity contribution < 1.29 is 15.0 Å². The van der Waals surface area contributed by atoms with Crippen LogP contribution in [0.15, 0.2) is 0 Å². The van der Waals surface area contributed by atoms with Crippen LogP contribution in [0, 0.1) is 43.9 Å². The summed E-state index contributed by atoms with van der Waals surface area (Å²) in [5, 5.41) is 20.8. The summed E-state index contributed by atoms with van der Waals surface area (Å²) in [4.78, 5) is 12.9. The van der Waals surface area contributed by atoms with Crippen molar-refractivity contribution in [3.63, 3.8) is 0 Å². The van der Waals surface area contributed by atoms with Gasteiger partial charge in [0.25, 0.3) is 0 Å². The molecule has 0 aliphatic carbocycles. The quantitative estimate of drug-likeness (QED) is 0.185. The molecule has 0 aliphatic heterocycles. The van der Waals surface area contributed by atoms with E-state index < -0.39 is 0 Å². The Morgan fingerprint density at radius 3 is 1.71 bits per heavy atom. The predicted octanol–water partition coefficient (Wildman–Crippen LogP) is 9.45. The number of phenolic OH excluding ortho intramolecular Hbond substituents is 2. The molecule has 196 valence electrons. The number of carbonyl (C=O) groups is 1. The van der Waals surface area contributed by atoms with Crippen molar-refractivity contribution in [2.75, 3.05) is 0 Å². The molecule has 3 nitrogen and oxygen atoms in total. The fraction of sp³-hybridized carbons (Fsp3) is 0.774. The largest absolute Gasteiger partial charge is 0.507 e. The summed E-state index contributed by atoms with van der Waals surface area (Å²) in [6, 6.07) is 0. The topological polar surface area (TPSA) is 57.5 Å². The van der Waals surface area contributed by atoms with E-state index in [1.807, 2.05) is 0 Å². The second-order valence-electron chi connectivity index (χ2n) is 12.4. The SMILES string of the molecule is Cc1c(C)c(O)c(C(=O)CCC(C)(C)CCCC(C)CCCC(C)CCCC(C)C)c(C)c1O. The fourth-order valence-corrected chi connectivity index (χ4v) is 5.07. The van der Waals surface area contributed by atoms with Gasteiger partial charge in [-0.3, -0.25) is 4.79 Å². The Labute approximate surface area is 210 Å². The summed E-state index contributed by atoms with van der Waals surface area (Å²) in [5.41, 5.74) is 2.10. The molecule has 0 spiro atoms. The van der Waals surface area contributed by atoms with Crippen LogP contribution in [-0.4, -0.2) is 16.0 Å². The second-order valence-corrected chi connectivity index (χ2v) is 12.4. The molecule has 0 saturated carbocycles. The molecule has 0 fully saturated rings. The summed E-state index contributed by atoms with van der Waals surface area (Å²) in [6.07, 6.45) is 12.9. The van der Waals surface area contributed by atoms with Gasteiger partial charge >= 0.3 is 0 Å². The predicted molar refractivity (Wildman–Crippen MR) is 146 cm³/mol. The van der Waals surface area contributed by atoms with Crippen molar-refractivity contribution in [2.45, 2.75) is 133 Å². The molecule has 34 heavy (non-hydrogen) atoms. The maximum absolute atomic E-state index is 12.9. The fourth-order valence-electron chi connectivity index (χ4n) is 5.07. The first kappa shape index (κ1) is 30.5. The van der Waals surface area contributed by atoms with E-state index in [9.17, 15) is 15.0 Å². The average Bonchev–Trinajstić information content (AvgIpc) is 2.74. The van der Waals surface area contributed by atoms with Crippen molar-refractivity contribution in [3.05, 3.63) is 22.3 Å². The number of benzene rings is 1. The van der Waals surface area contributed by atoms with E-state index in [4.69, 9.17) is 0 Å².